The monoisotopic (exact) mass is 504 g/mol. The van der Waals surface area contributed by atoms with Crippen molar-refractivity contribution in [2.75, 3.05) is 36.6 Å². The lowest BCUT2D eigenvalue weighted by Gasteiger charge is -2.21. The summed E-state index contributed by atoms with van der Waals surface area (Å²) >= 11 is 0. The molecule has 0 radical (unpaired) electrons. The maximum Gasteiger partial charge on any atom is 0.501 e. The molecule has 0 unspecified atom stereocenters. The minimum atomic E-state index is -5.37. The highest BCUT2D eigenvalue weighted by atomic mass is 32.2. The molecule has 0 bridgehead atoms. The quantitative estimate of drug-likeness (QED) is 0.507. The molecule has 2 aromatic carbocycles. The number of nitrogens with zero attached hydrogens (tertiary/aromatic N) is 4. The van der Waals surface area contributed by atoms with Crippen LogP contribution < -0.4 is 9.80 Å². The number of amides is 1. The van der Waals surface area contributed by atoms with E-state index in [1.54, 1.807) is 19.3 Å². The van der Waals surface area contributed by atoms with Crippen LogP contribution >= 0.6 is 0 Å². The highest BCUT2D eigenvalue weighted by molar-refractivity contribution is 7.92. The van der Waals surface area contributed by atoms with E-state index in [2.05, 4.69) is 9.88 Å². The van der Waals surface area contributed by atoms with Crippen LogP contribution in [0.3, 0.4) is 0 Å². The number of rotatable bonds is 6. The Balaban J connectivity index is 1.40. The predicted molar refractivity (Wildman–Crippen MR) is 126 cm³/mol. The molecule has 1 aliphatic rings. The van der Waals surface area contributed by atoms with E-state index in [0.717, 1.165) is 23.4 Å². The normalized spacial score (nSPS) is 14.8. The molecule has 0 aliphatic carbocycles. The number of aromatic nitrogens is 1. The zero-order chi connectivity index (χ0) is 25.2. The molecule has 2 heterocycles. The van der Waals surface area contributed by atoms with Crippen molar-refractivity contribution in [3.63, 3.8) is 0 Å². The summed E-state index contributed by atoms with van der Waals surface area (Å²) in [4.78, 5) is 21.9. The van der Waals surface area contributed by atoms with Gasteiger partial charge in [-0.15, -0.1) is 0 Å². The van der Waals surface area contributed by atoms with Crippen LogP contribution in [0.4, 0.5) is 24.5 Å². The molecule has 1 aromatic heterocycles. The fraction of sp³-hybridized carbons (Fsp3) is 0.250. The van der Waals surface area contributed by atoms with Gasteiger partial charge in [-0.05, 0) is 54.1 Å². The summed E-state index contributed by atoms with van der Waals surface area (Å²) in [6.07, 6.45) is 1.59. The van der Waals surface area contributed by atoms with Gasteiger partial charge in [-0.3, -0.25) is 14.7 Å². The Hall–Kier alpha value is -3.44. The summed E-state index contributed by atoms with van der Waals surface area (Å²) in [5.74, 6) is -0.227. The number of pyridine rings is 1. The Kier molecular flexibility index (Phi) is 6.82. The lowest BCUT2D eigenvalue weighted by atomic mass is 10.2. The lowest BCUT2D eigenvalue weighted by Crippen LogP contribution is -2.28. The fourth-order valence-corrected chi connectivity index (χ4v) is 4.60. The Morgan fingerprint density at radius 2 is 1.71 bits per heavy atom. The van der Waals surface area contributed by atoms with Gasteiger partial charge >= 0.3 is 5.51 Å². The number of hydrogen-bond donors (Lipinski definition) is 0. The van der Waals surface area contributed by atoms with Gasteiger partial charge in [-0.2, -0.15) is 13.2 Å². The van der Waals surface area contributed by atoms with Gasteiger partial charge in [0.1, 0.15) is 5.69 Å². The van der Waals surface area contributed by atoms with Crippen LogP contribution in [-0.4, -0.2) is 56.5 Å². The molecule has 0 saturated carbocycles. The highest BCUT2D eigenvalue weighted by Crippen LogP contribution is 2.31. The second kappa shape index (κ2) is 9.67. The average Bonchev–Trinajstić information content (AvgIpc) is 3.31. The SMILES string of the molecule is CN(C(=O)c1cc(CN2CCN(c3ccc(S(=O)(=O)C(F)(F)F)cc3)C2)ccn1)c1ccccc1. The van der Waals surface area contributed by atoms with Crippen LogP contribution in [0.25, 0.3) is 0 Å². The number of halogens is 3. The minimum Gasteiger partial charge on any atom is -0.357 e. The smallest absolute Gasteiger partial charge is 0.357 e. The minimum absolute atomic E-state index is 0.227. The summed E-state index contributed by atoms with van der Waals surface area (Å²) in [6.45, 7) is 2.37. The summed E-state index contributed by atoms with van der Waals surface area (Å²) in [6, 6.07) is 17.6. The number of alkyl halides is 3. The van der Waals surface area contributed by atoms with E-state index in [9.17, 15) is 26.4 Å². The van der Waals surface area contributed by atoms with Gasteiger partial charge in [-0.25, -0.2) is 8.42 Å². The Morgan fingerprint density at radius 1 is 1.03 bits per heavy atom. The summed E-state index contributed by atoms with van der Waals surface area (Å²) in [5, 5.41) is 0. The number of benzene rings is 2. The van der Waals surface area contributed by atoms with E-state index >= 15 is 0 Å². The van der Waals surface area contributed by atoms with Crippen molar-refractivity contribution in [2.45, 2.75) is 16.9 Å². The Labute approximate surface area is 201 Å². The van der Waals surface area contributed by atoms with Crippen molar-refractivity contribution in [2.24, 2.45) is 0 Å². The Bertz CT molecular complexity index is 1300. The van der Waals surface area contributed by atoms with Gasteiger partial charge in [0, 0.05) is 44.3 Å². The number of anilines is 2. The number of carbonyl (C=O) groups is 1. The van der Waals surface area contributed by atoms with Crippen LogP contribution in [0, 0.1) is 0 Å². The molecule has 3 aromatic rings. The number of para-hydroxylation sites is 1. The van der Waals surface area contributed by atoms with Crippen molar-refractivity contribution in [1.29, 1.82) is 0 Å². The standard InChI is InChI=1S/C24H23F3N4O3S/c1-29(19-5-3-2-4-6-19)23(32)22-15-18(11-12-28-22)16-30-13-14-31(17-30)20-7-9-21(10-8-20)35(33,34)24(25,26)27/h2-12,15H,13-14,16-17H2,1H3. The number of carbonyl (C=O) groups excluding carboxylic acids is 1. The van der Waals surface area contributed by atoms with Crippen molar-refractivity contribution in [1.82, 2.24) is 9.88 Å². The third-order valence-corrected chi connectivity index (χ3v) is 7.27. The molecule has 0 N–H and O–H groups in total. The highest BCUT2D eigenvalue weighted by Gasteiger charge is 2.46. The van der Waals surface area contributed by atoms with Gasteiger partial charge in [0.15, 0.2) is 0 Å². The second-order valence-electron chi connectivity index (χ2n) is 8.15. The molecular weight excluding hydrogens is 481 g/mol. The van der Waals surface area contributed by atoms with Crippen molar-refractivity contribution < 1.29 is 26.4 Å². The average molecular weight is 505 g/mol. The molecule has 4 rings (SSSR count). The van der Waals surface area contributed by atoms with Crippen molar-refractivity contribution in [3.8, 4) is 0 Å². The maximum absolute atomic E-state index is 12.9. The van der Waals surface area contributed by atoms with Gasteiger partial charge in [0.2, 0.25) is 0 Å². The van der Waals surface area contributed by atoms with Gasteiger partial charge < -0.3 is 9.80 Å². The molecule has 1 fully saturated rings. The molecule has 35 heavy (non-hydrogen) atoms. The molecule has 1 saturated heterocycles. The summed E-state index contributed by atoms with van der Waals surface area (Å²) in [7, 11) is -3.68. The van der Waals surface area contributed by atoms with E-state index in [0.29, 0.717) is 37.7 Å². The van der Waals surface area contributed by atoms with Crippen LogP contribution in [-0.2, 0) is 16.4 Å². The van der Waals surface area contributed by atoms with E-state index in [-0.39, 0.29) is 5.91 Å². The molecule has 1 aliphatic heterocycles. The fourth-order valence-electron chi connectivity index (χ4n) is 3.84. The predicted octanol–water partition coefficient (Wildman–Crippen LogP) is 3.93. The van der Waals surface area contributed by atoms with E-state index in [4.69, 9.17) is 0 Å². The maximum atomic E-state index is 12.9. The first-order chi connectivity index (χ1) is 16.6. The third-order valence-electron chi connectivity index (χ3n) is 5.77. The molecule has 1 amide bonds. The van der Waals surface area contributed by atoms with Crippen molar-refractivity contribution in [3.05, 3.63) is 84.2 Å². The van der Waals surface area contributed by atoms with Gasteiger partial charge in [0.25, 0.3) is 15.7 Å². The van der Waals surface area contributed by atoms with Crippen LogP contribution in [0.2, 0.25) is 0 Å². The first-order valence-electron chi connectivity index (χ1n) is 10.7. The topological polar surface area (TPSA) is 73.8 Å². The summed E-state index contributed by atoms with van der Waals surface area (Å²) in [5.41, 5.74) is -2.72. The second-order valence-corrected chi connectivity index (χ2v) is 10.1. The van der Waals surface area contributed by atoms with Crippen LogP contribution in [0.1, 0.15) is 16.1 Å². The first kappa shape index (κ1) is 24.7. The van der Waals surface area contributed by atoms with Crippen LogP contribution in [0.15, 0.2) is 77.8 Å². The van der Waals surface area contributed by atoms with Gasteiger partial charge in [0.05, 0.1) is 11.6 Å². The largest absolute Gasteiger partial charge is 0.501 e. The van der Waals surface area contributed by atoms with Gasteiger partial charge in [-0.1, -0.05) is 18.2 Å². The number of sulfone groups is 1. The van der Waals surface area contributed by atoms with Crippen LogP contribution in [0.5, 0.6) is 0 Å². The lowest BCUT2D eigenvalue weighted by molar-refractivity contribution is -0.0436. The number of hydrogen-bond acceptors (Lipinski definition) is 6. The van der Waals surface area contributed by atoms with Crippen molar-refractivity contribution >= 4 is 27.1 Å². The molecular formula is C24H23F3N4O3S. The molecule has 11 heteroatoms. The van der Waals surface area contributed by atoms with E-state index in [1.165, 1.54) is 17.0 Å². The molecule has 0 spiro atoms. The molecule has 184 valence electrons. The Morgan fingerprint density at radius 3 is 2.37 bits per heavy atom. The first-order valence-corrected chi connectivity index (χ1v) is 12.2. The third kappa shape index (κ3) is 5.30. The van der Waals surface area contributed by atoms with E-state index in [1.807, 2.05) is 41.3 Å². The summed E-state index contributed by atoms with van der Waals surface area (Å²) < 4.78 is 61.4. The molecule has 0 atom stereocenters. The molecule has 7 nitrogen and oxygen atoms in total. The van der Waals surface area contributed by atoms with E-state index < -0.39 is 20.2 Å². The zero-order valence-electron chi connectivity index (χ0n) is 18.8. The zero-order valence-corrected chi connectivity index (χ0v) is 19.6.